The van der Waals surface area contributed by atoms with Crippen LogP contribution in [0.2, 0.25) is 0 Å². The van der Waals surface area contributed by atoms with Crippen molar-refractivity contribution in [1.29, 1.82) is 0 Å². The standard InChI is InChI=1S/C13H18N2O2/c1-15-9-14-8-11(15)12(16)10-3-6-17-13(7-10)4-2-5-13/h8-10H,2-7H2,1H3. The molecule has 1 aromatic heterocycles. The van der Waals surface area contributed by atoms with E-state index in [1.54, 1.807) is 12.5 Å². The number of carbonyl (C=O) groups excluding carboxylic acids is 1. The minimum Gasteiger partial charge on any atom is -0.375 e. The number of hydrogen-bond donors (Lipinski definition) is 0. The first-order valence-electron chi connectivity index (χ1n) is 6.35. The van der Waals surface area contributed by atoms with Crippen molar-refractivity contribution in [2.75, 3.05) is 6.61 Å². The fraction of sp³-hybridized carbons (Fsp3) is 0.692. The molecule has 0 radical (unpaired) electrons. The van der Waals surface area contributed by atoms with Gasteiger partial charge in [0.25, 0.3) is 0 Å². The van der Waals surface area contributed by atoms with Gasteiger partial charge in [0.15, 0.2) is 5.78 Å². The molecule has 1 aromatic rings. The van der Waals surface area contributed by atoms with Gasteiger partial charge in [-0.05, 0) is 32.1 Å². The summed E-state index contributed by atoms with van der Waals surface area (Å²) in [5.41, 5.74) is 0.767. The Kier molecular flexibility index (Phi) is 2.54. The number of nitrogens with zero attached hydrogens (tertiary/aromatic N) is 2. The number of aryl methyl sites for hydroxylation is 1. The predicted molar refractivity (Wildman–Crippen MR) is 62.8 cm³/mol. The molecule has 1 spiro atoms. The van der Waals surface area contributed by atoms with Crippen molar-refractivity contribution in [1.82, 2.24) is 9.55 Å². The van der Waals surface area contributed by atoms with E-state index >= 15 is 0 Å². The van der Waals surface area contributed by atoms with Crippen molar-refractivity contribution < 1.29 is 9.53 Å². The second kappa shape index (κ2) is 3.95. The predicted octanol–water partition coefficient (Wildman–Crippen LogP) is 1.95. The summed E-state index contributed by atoms with van der Waals surface area (Å²) >= 11 is 0. The molecule has 0 amide bonds. The van der Waals surface area contributed by atoms with Gasteiger partial charge in [0, 0.05) is 19.6 Å². The first kappa shape index (κ1) is 11.0. The summed E-state index contributed by atoms with van der Waals surface area (Å²) in [6.45, 7) is 0.730. The highest BCUT2D eigenvalue weighted by Crippen LogP contribution is 2.44. The van der Waals surface area contributed by atoms with Crippen molar-refractivity contribution in [3.05, 3.63) is 18.2 Å². The highest BCUT2D eigenvalue weighted by molar-refractivity contribution is 5.96. The Labute approximate surface area is 101 Å². The van der Waals surface area contributed by atoms with Crippen LogP contribution >= 0.6 is 0 Å². The molecule has 2 aliphatic rings. The molecular weight excluding hydrogens is 216 g/mol. The number of hydrogen-bond acceptors (Lipinski definition) is 3. The van der Waals surface area contributed by atoms with Gasteiger partial charge in [-0.15, -0.1) is 0 Å². The molecule has 1 aliphatic carbocycles. The third-order valence-corrected chi connectivity index (χ3v) is 4.20. The Bertz CT molecular complexity index is 434. The monoisotopic (exact) mass is 234 g/mol. The molecule has 1 unspecified atom stereocenters. The van der Waals surface area contributed by atoms with E-state index in [9.17, 15) is 4.79 Å². The van der Waals surface area contributed by atoms with Crippen LogP contribution in [0.25, 0.3) is 0 Å². The Hall–Kier alpha value is -1.16. The molecule has 1 saturated heterocycles. The van der Waals surface area contributed by atoms with Crippen LogP contribution in [0.15, 0.2) is 12.5 Å². The fourth-order valence-electron chi connectivity index (χ4n) is 2.97. The molecular formula is C13H18N2O2. The number of aromatic nitrogens is 2. The Morgan fingerprint density at radius 3 is 3.00 bits per heavy atom. The first-order chi connectivity index (χ1) is 8.20. The topological polar surface area (TPSA) is 44.1 Å². The molecule has 3 rings (SSSR count). The van der Waals surface area contributed by atoms with Crippen molar-refractivity contribution >= 4 is 5.78 Å². The van der Waals surface area contributed by atoms with E-state index in [0.717, 1.165) is 38.0 Å². The van der Waals surface area contributed by atoms with E-state index in [0.29, 0.717) is 0 Å². The van der Waals surface area contributed by atoms with E-state index in [1.807, 2.05) is 11.6 Å². The third kappa shape index (κ3) is 1.80. The lowest BCUT2D eigenvalue weighted by molar-refractivity contribution is -0.137. The molecule has 2 fully saturated rings. The smallest absolute Gasteiger partial charge is 0.184 e. The third-order valence-electron chi connectivity index (χ3n) is 4.20. The molecule has 92 valence electrons. The van der Waals surface area contributed by atoms with Crippen LogP contribution < -0.4 is 0 Å². The zero-order chi connectivity index (χ0) is 11.9. The van der Waals surface area contributed by atoms with Crippen LogP contribution in [0, 0.1) is 5.92 Å². The summed E-state index contributed by atoms with van der Waals surface area (Å²) in [4.78, 5) is 16.4. The molecule has 1 saturated carbocycles. The van der Waals surface area contributed by atoms with E-state index < -0.39 is 0 Å². The minimum atomic E-state index is 0.0389. The van der Waals surface area contributed by atoms with Gasteiger partial charge in [-0.25, -0.2) is 4.98 Å². The van der Waals surface area contributed by atoms with Gasteiger partial charge >= 0.3 is 0 Å². The van der Waals surface area contributed by atoms with Gasteiger partial charge in [0.05, 0.1) is 18.1 Å². The van der Waals surface area contributed by atoms with Gasteiger partial charge in [0.2, 0.25) is 0 Å². The molecule has 0 aromatic carbocycles. The maximum Gasteiger partial charge on any atom is 0.184 e. The maximum atomic E-state index is 12.4. The van der Waals surface area contributed by atoms with Gasteiger partial charge in [-0.1, -0.05) is 0 Å². The summed E-state index contributed by atoms with van der Waals surface area (Å²) in [6.07, 6.45) is 8.61. The SMILES string of the molecule is Cn1cncc1C(=O)C1CCOC2(CCC2)C1. The lowest BCUT2D eigenvalue weighted by Gasteiger charge is -2.46. The van der Waals surface area contributed by atoms with Gasteiger partial charge < -0.3 is 9.30 Å². The minimum absolute atomic E-state index is 0.0389. The second-order valence-corrected chi connectivity index (χ2v) is 5.33. The van der Waals surface area contributed by atoms with Gasteiger partial charge in [-0.2, -0.15) is 0 Å². The lowest BCUT2D eigenvalue weighted by Crippen LogP contribution is -2.47. The number of ketones is 1. The fourth-order valence-corrected chi connectivity index (χ4v) is 2.97. The van der Waals surface area contributed by atoms with E-state index in [-0.39, 0.29) is 17.3 Å². The quantitative estimate of drug-likeness (QED) is 0.735. The second-order valence-electron chi connectivity index (χ2n) is 5.33. The number of Topliss-reactive ketones (excluding diaryl/α,β-unsaturated/α-hetero) is 1. The Morgan fingerprint density at radius 2 is 2.41 bits per heavy atom. The van der Waals surface area contributed by atoms with Crippen LogP contribution in [0.4, 0.5) is 0 Å². The van der Waals surface area contributed by atoms with Crippen LogP contribution in [0.1, 0.15) is 42.6 Å². The van der Waals surface area contributed by atoms with Crippen molar-refractivity contribution in [3.63, 3.8) is 0 Å². The first-order valence-corrected chi connectivity index (χ1v) is 6.35. The van der Waals surface area contributed by atoms with Crippen LogP contribution in [0.3, 0.4) is 0 Å². The molecule has 0 N–H and O–H groups in total. The summed E-state index contributed by atoms with van der Waals surface area (Å²) in [5, 5.41) is 0. The van der Waals surface area contributed by atoms with E-state index in [1.165, 1.54) is 6.42 Å². The number of ether oxygens (including phenoxy) is 1. The number of imidazole rings is 1. The van der Waals surface area contributed by atoms with Gasteiger partial charge in [0.1, 0.15) is 5.69 Å². The zero-order valence-corrected chi connectivity index (χ0v) is 10.2. The summed E-state index contributed by atoms with van der Waals surface area (Å²) < 4.78 is 7.67. The molecule has 1 aliphatic heterocycles. The van der Waals surface area contributed by atoms with Crippen molar-refractivity contribution in [2.24, 2.45) is 13.0 Å². The molecule has 2 heterocycles. The van der Waals surface area contributed by atoms with Crippen molar-refractivity contribution in [3.8, 4) is 0 Å². The summed E-state index contributed by atoms with van der Waals surface area (Å²) in [7, 11) is 1.87. The van der Waals surface area contributed by atoms with E-state index in [2.05, 4.69) is 4.98 Å². The van der Waals surface area contributed by atoms with E-state index in [4.69, 9.17) is 4.74 Å². The zero-order valence-electron chi connectivity index (χ0n) is 10.2. The molecule has 0 bridgehead atoms. The molecule has 17 heavy (non-hydrogen) atoms. The Balaban J connectivity index is 1.76. The van der Waals surface area contributed by atoms with Gasteiger partial charge in [-0.3, -0.25) is 4.79 Å². The highest BCUT2D eigenvalue weighted by Gasteiger charge is 2.44. The lowest BCUT2D eigenvalue weighted by atomic mass is 9.71. The Morgan fingerprint density at radius 1 is 1.59 bits per heavy atom. The largest absolute Gasteiger partial charge is 0.375 e. The number of carbonyl (C=O) groups is 1. The highest BCUT2D eigenvalue weighted by atomic mass is 16.5. The average Bonchev–Trinajstić information content (AvgIpc) is 2.73. The summed E-state index contributed by atoms with van der Waals surface area (Å²) in [5.74, 6) is 0.360. The number of rotatable bonds is 2. The normalized spacial score (nSPS) is 26.8. The summed E-state index contributed by atoms with van der Waals surface area (Å²) in [6, 6.07) is 0. The molecule has 1 atom stereocenters. The molecule has 4 heteroatoms. The average molecular weight is 234 g/mol. The van der Waals surface area contributed by atoms with Crippen LogP contribution in [0.5, 0.6) is 0 Å². The van der Waals surface area contributed by atoms with Crippen LogP contribution in [-0.2, 0) is 11.8 Å². The molecule has 4 nitrogen and oxygen atoms in total. The van der Waals surface area contributed by atoms with Crippen LogP contribution in [-0.4, -0.2) is 27.5 Å². The van der Waals surface area contributed by atoms with Crippen molar-refractivity contribution in [2.45, 2.75) is 37.7 Å². The maximum absolute atomic E-state index is 12.4.